The van der Waals surface area contributed by atoms with E-state index in [9.17, 15) is 9.59 Å². The Balaban J connectivity index is 1.79. The zero-order chi connectivity index (χ0) is 24.3. The van der Waals surface area contributed by atoms with Crippen molar-refractivity contribution >= 4 is 34.7 Å². The molecule has 3 aromatic rings. The summed E-state index contributed by atoms with van der Waals surface area (Å²) in [5.74, 6) is -0.825. The molecule has 4 rings (SSSR count). The Morgan fingerprint density at radius 3 is 2.50 bits per heavy atom. The second-order valence-electron chi connectivity index (χ2n) is 9.93. The average Bonchev–Trinajstić information content (AvgIpc) is 3.26. The SMILES string of the molecule is CC(C)(C)c1ccc(N(C(=O)CCl)C(C(=O)NC2CCCCC2)c2cnc3cnccn23)cc1. The van der Waals surface area contributed by atoms with Crippen molar-refractivity contribution in [2.24, 2.45) is 0 Å². The van der Waals surface area contributed by atoms with E-state index >= 15 is 0 Å². The van der Waals surface area contributed by atoms with Gasteiger partial charge in [-0.1, -0.05) is 52.2 Å². The van der Waals surface area contributed by atoms with E-state index in [1.54, 1.807) is 29.2 Å². The van der Waals surface area contributed by atoms with E-state index in [1.807, 2.05) is 24.3 Å². The van der Waals surface area contributed by atoms with Crippen molar-refractivity contribution in [1.29, 1.82) is 0 Å². The molecule has 8 heteroatoms. The van der Waals surface area contributed by atoms with Crippen LogP contribution >= 0.6 is 11.6 Å². The molecule has 0 saturated heterocycles. The lowest BCUT2D eigenvalue weighted by atomic mass is 9.87. The number of nitrogens with zero attached hydrogens (tertiary/aromatic N) is 4. The molecular formula is C26H32ClN5O2. The first-order chi connectivity index (χ1) is 16.3. The molecule has 34 heavy (non-hydrogen) atoms. The van der Waals surface area contributed by atoms with Gasteiger partial charge < -0.3 is 5.32 Å². The molecule has 1 aliphatic carbocycles. The van der Waals surface area contributed by atoms with E-state index < -0.39 is 6.04 Å². The van der Waals surface area contributed by atoms with Crippen molar-refractivity contribution in [3.63, 3.8) is 0 Å². The third-order valence-electron chi connectivity index (χ3n) is 6.48. The number of carbonyl (C=O) groups is 2. The number of amides is 2. The maximum atomic E-state index is 13.8. The van der Waals surface area contributed by atoms with E-state index in [4.69, 9.17) is 11.6 Å². The number of aromatic nitrogens is 3. The summed E-state index contributed by atoms with van der Waals surface area (Å²) in [6.45, 7) is 6.41. The van der Waals surface area contributed by atoms with Crippen molar-refractivity contribution in [3.05, 3.63) is 60.3 Å². The van der Waals surface area contributed by atoms with Crippen LogP contribution in [0, 0.1) is 0 Å². The normalized spacial score (nSPS) is 15.8. The topological polar surface area (TPSA) is 79.6 Å². The van der Waals surface area contributed by atoms with Crippen LogP contribution in [-0.2, 0) is 15.0 Å². The van der Waals surface area contributed by atoms with Crippen molar-refractivity contribution < 1.29 is 9.59 Å². The van der Waals surface area contributed by atoms with E-state index in [0.29, 0.717) is 17.0 Å². The van der Waals surface area contributed by atoms with Crippen molar-refractivity contribution in [2.45, 2.75) is 70.4 Å². The van der Waals surface area contributed by atoms with Crippen LogP contribution in [0.25, 0.3) is 5.65 Å². The van der Waals surface area contributed by atoms with Gasteiger partial charge in [0.05, 0.1) is 18.1 Å². The summed E-state index contributed by atoms with van der Waals surface area (Å²) in [6, 6.07) is 6.94. The lowest BCUT2D eigenvalue weighted by Gasteiger charge is -2.33. The second-order valence-corrected chi connectivity index (χ2v) is 10.2. The number of hydrogen-bond acceptors (Lipinski definition) is 4. The van der Waals surface area contributed by atoms with Gasteiger partial charge in [0.25, 0.3) is 0 Å². The van der Waals surface area contributed by atoms with Gasteiger partial charge in [0.2, 0.25) is 11.8 Å². The number of halogens is 1. The lowest BCUT2D eigenvalue weighted by Crippen LogP contribution is -2.48. The second kappa shape index (κ2) is 10.1. The molecule has 1 N–H and O–H groups in total. The smallest absolute Gasteiger partial charge is 0.249 e. The fourth-order valence-electron chi connectivity index (χ4n) is 4.60. The minimum Gasteiger partial charge on any atom is -0.351 e. The Bertz CT molecular complexity index is 1150. The standard InChI is InChI=1S/C26H32ClN5O2/c1-26(2,3)18-9-11-20(12-10-18)32(23(33)15-27)24(25(34)30-19-7-5-4-6-8-19)21-16-29-22-17-28-13-14-31(21)22/h9-14,16-17,19,24H,4-8,15H2,1-3H3,(H,30,34). The zero-order valence-electron chi connectivity index (χ0n) is 20.0. The Kier molecular flexibility index (Phi) is 7.22. The summed E-state index contributed by atoms with van der Waals surface area (Å²) in [5, 5.41) is 3.20. The van der Waals surface area contributed by atoms with Gasteiger partial charge >= 0.3 is 0 Å². The highest BCUT2D eigenvalue weighted by atomic mass is 35.5. The molecule has 2 aromatic heterocycles. The summed E-state index contributed by atoms with van der Waals surface area (Å²) in [4.78, 5) is 37.1. The van der Waals surface area contributed by atoms with Crippen LogP contribution in [0.1, 0.15) is 70.2 Å². The summed E-state index contributed by atoms with van der Waals surface area (Å²) in [6.07, 6.45) is 11.9. The molecule has 180 valence electrons. The number of carbonyl (C=O) groups excluding carboxylic acids is 2. The fraction of sp³-hybridized carbons (Fsp3) is 0.462. The first-order valence-corrected chi connectivity index (χ1v) is 12.4. The van der Waals surface area contributed by atoms with Crippen LogP contribution in [0.15, 0.2) is 49.1 Å². The zero-order valence-corrected chi connectivity index (χ0v) is 20.8. The minimum absolute atomic E-state index is 0.0355. The van der Waals surface area contributed by atoms with Crippen molar-refractivity contribution in [2.75, 3.05) is 10.8 Å². The summed E-state index contributed by atoms with van der Waals surface area (Å²) in [7, 11) is 0. The van der Waals surface area contributed by atoms with Crippen LogP contribution in [0.5, 0.6) is 0 Å². The molecule has 0 radical (unpaired) electrons. The fourth-order valence-corrected chi connectivity index (χ4v) is 4.73. The number of imidazole rings is 1. The quantitative estimate of drug-likeness (QED) is 0.513. The number of benzene rings is 1. The van der Waals surface area contributed by atoms with Crippen molar-refractivity contribution in [1.82, 2.24) is 19.7 Å². The summed E-state index contributed by atoms with van der Waals surface area (Å²) >= 11 is 6.07. The number of rotatable bonds is 6. The van der Waals surface area contributed by atoms with E-state index in [2.05, 4.69) is 36.1 Å². The van der Waals surface area contributed by atoms with E-state index in [-0.39, 0.29) is 29.2 Å². The summed E-state index contributed by atoms with van der Waals surface area (Å²) < 4.78 is 1.80. The van der Waals surface area contributed by atoms with Crippen LogP contribution in [-0.4, -0.2) is 38.1 Å². The van der Waals surface area contributed by atoms with Crippen LogP contribution in [0.4, 0.5) is 5.69 Å². The molecular weight excluding hydrogens is 450 g/mol. The van der Waals surface area contributed by atoms with E-state index in [0.717, 1.165) is 31.2 Å². The largest absolute Gasteiger partial charge is 0.351 e. The van der Waals surface area contributed by atoms with Gasteiger partial charge in [0.1, 0.15) is 5.88 Å². The molecule has 1 unspecified atom stereocenters. The number of hydrogen-bond donors (Lipinski definition) is 1. The minimum atomic E-state index is -0.925. The third-order valence-corrected chi connectivity index (χ3v) is 6.71. The molecule has 1 saturated carbocycles. The predicted molar refractivity (Wildman–Crippen MR) is 134 cm³/mol. The molecule has 0 aliphatic heterocycles. The highest BCUT2D eigenvalue weighted by Gasteiger charge is 2.36. The highest BCUT2D eigenvalue weighted by Crippen LogP contribution is 2.32. The lowest BCUT2D eigenvalue weighted by molar-refractivity contribution is -0.126. The first-order valence-electron chi connectivity index (χ1n) is 11.9. The van der Waals surface area contributed by atoms with Crippen molar-refractivity contribution in [3.8, 4) is 0 Å². The number of alkyl halides is 1. The Morgan fingerprint density at radius 2 is 1.85 bits per heavy atom. The predicted octanol–water partition coefficient (Wildman–Crippen LogP) is 4.79. The summed E-state index contributed by atoms with van der Waals surface area (Å²) in [5.41, 5.74) is 2.91. The molecule has 0 bridgehead atoms. The molecule has 2 heterocycles. The van der Waals surface area contributed by atoms with Gasteiger partial charge in [-0.3, -0.25) is 23.9 Å². The van der Waals surface area contributed by atoms with Crippen LogP contribution in [0.3, 0.4) is 0 Å². The molecule has 1 atom stereocenters. The molecule has 7 nitrogen and oxygen atoms in total. The van der Waals surface area contributed by atoms with Crippen LogP contribution in [0.2, 0.25) is 0 Å². The first kappa shape index (κ1) is 24.2. The Morgan fingerprint density at radius 1 is 1.15 bits per heavy atom. The van der Waals surface area contributed by atoms with Crippen LogP contribution < -0.4 is 10.2 Å². The molecule has 2 amide bonds. The maximum absolute atomic E-state index is 13.8. The maximum Gasteiger partial charge on any atom is 0.249 e. The molecule has 1 fully saturated rings. The Labute approximate surface area is 205 Å². The van der Waals surface area contributed by atoms with Gasteiger partial charge in [-0.15, -0.1) is 11.6 Å². The number of nitrogens with one attached hydrogen (secondary N) is 1. The highest BCUT2D eigenvalue weighted by molar-refractivity contribution is 6.29. The molecule has 1 aliphatic rings. The third kappa shape index (κ3) is 5.09. The van der Waals surface area contributed by atoms with E-state index in [1.165, 1.54) is 11.3 Å². The molecule has 1 aromatic carbocycles. The van der Waals surface area contributed by atoms with Gasteiger partial charge in [-0.05, 0) is 36.0 Å². The van der Waals surface area contributed by atoms with Gasteiger partial charge in [0, 0.05) is 24.1 Å². The number of fused-ring (bicyclic) bond motifs is 1. The van der Waals surface area contributed by atoms with Gasteiger partial charge in [0.15, 0.2) is 11.7 Å². The average molecular weight is 482 g/mol. The van der Waals surface area contributed by atoms with Gasteiger partial charge in [-0.25, -0.2) is 4.98 Å². The monoisotopic (exact) mass is 481 g/mol. The van der Waals surface area contributed by atoms with Gasteiger partial charge in [-0.2, -0.15) is 0 Å². The Hall–Kier alpha value is -2.93. The number of anilines is 1. The molecule has 0 spiro atoms.